The van der Waals surface area contributed by atoms with Crippen LogP contribution >= 0.6 is 11.3 Å². The predicted octanol–water partition coefficient (Wildman–Crippen LogP) is 4.82. The molecule has 1 aromatic heterocycles. The van der Waals surface area contributed by atoms with Crippen LogP contribution in [0, 0.1) is 10.1 Å². The van der Waals surface area contributed by atoms with Gasteiger partial charge in [-0.3, -0.25) is 29.3 Å². The Labute approximate surface area is 262 Å². The van der Waals surface area contributed by atoms with E-state index >= 15 is 0 Å². The zero-order chi connectivity index (χ0) is 31.9. The molecule has 13 heteroatoms. The molecule has 1 saturated heterocycles. The zero-order valence-electron chi connectivity index (χ0n) is 23.9. The Hall–Kier alpha value is -5.56. The maximum absolute atomic E-state index is 13.3. The number of benzene rings is 3. The third-order valence-electron chi connectivity index (χ3n) is 7.35. The van der Waals surface area contributed by atoms with Crippen molar-refractivity contribution in [3.63, 3.8) is 0 Å². The van der Waals surface area contributed by atoms with E-state index in [0.717, 1.165) is 0 Å². The molecule has 12 nitrogen and oxygen atoms in total. The summed E-state index contributed by atoms with van der Waals surface area (Å²) in [5.74, 6) is -2.20. The lowest BCUT2D eigenvalue weighted by molar-refractivity contribution is -0.384. The van der Waals surface area contributed by atoms with Crippen LogP contribution in [-0.2, 0) is 4.79 Å². The Kier molecular flexibility index (Phi) is 9.49. The van der Waals surface area contributed by atoms with Crippen LogP contribution in [0.3, 0.4) is 0 Å². The Balaban J connectivity index is 1.39. The molecule has 4 aromatic rings. The summed E-state index contributed by atoms with van der Waals surface area (Å²) < 4.78 is 0. The molecule has 1 aliphatic heterocycles. The average Bonchev–Trinajstić information content (AvgIpc) is 3.60. The van der Waals surface area contributed by atoms with Gasteiger partial charge in [-0.1, -0.05) is 24.3 Å². The fourth-order valence-electron chi connectivity index (χ4n) is 5.02. The van der Waals surface area contributed by atoms with Crippen molar-refractivity contribution >= 4 is 52.1 Å². The monoisotopic (exact) mass is 627 g/mol. The van der Waals surface area contributed by atoms with Gasteiger partial charge in [0.1, 0.15) is 0 Å². The van der Waals surface area contributed by atoms with E-state index in [1.807, 2.05) is 23.1 Å². The Morgan fingerprint density at radius 1 is 0.844 bits per heavy atom. The number of hydrogen-bond donors (Lipinski definition) is 3. The van der Waals surface area contributed by atoms with Crippen molar-refractivity contribution in [2.24, 2.45) is 0 Å². The third-order valence-corrected chi connectivity index (χ3v) is 8.33. The topological polar surface area (TPSA) is 162 Å². The molecule has 230 valence electrons. The van der Waals surface area contributed by atoms with Crippen LogP contribution in [0.15, 0.2) is 90.3 Å². The van der Waals surface area contributed by atoms with Gasteiger partial charge >= 0.3 is 5.97 Å². The van der Waals surface area contributed by atoms with Crippen molar-refractivity contribution in [3.05, 3.63) is 122 Å². The first-order chi connectivity index (χ1) is 21.7. The van der Waals surface area contributed by atoms with E-state index in [1.165, 1.54) is 41.7 Å². The molecule has 1 atom stereocenters. The van der Waals surface area contributed by atoms with Gasteiger partial charge in [-0.2, -0.15) is 0 Å². The number of carboxylic acid groups (broad SMARTS) is 1. The van der Waals surface area contributed by atoms with Gasteiger partial charge in [0.05, 0.1) is 28.8 Å². The number of nitrogens with one attached hydrogen (secondary N) is 2. The van der Waals surface area contributed by atoms with E-state index in [2.05, 4.69) is 10.6 Å². The Morgan fingerprint density at radius 3 is 2.16 bits per heavy atom. The SMILES string of the molecule is O=C(O)CC(NC(=O)c1ccc(N2CCN(C(=O)c3ccccc3)CC2)c(NC(=O)c2ccc([N+](=O)[O-])cc2)c1)c1cccs1. The maximum Gasteiger partial charge on any atom is 0.305 e. The first kappa shape index (κ1) is 30.9. The number of nitro benzene ring substituents is 1. The van der Waals surface area contributed by atoms with E-state index in [-0.39, 0.29) is 29.1 Å². The molecule has 1 aliphatic rings. The molecule has 0 aliphatic carbocycles. The fourth-order valence-corrected chi connectivity index (χ4v) is 5.80. The van der Waals surface area contributed by atoms with Crippen LogP contribution in [0.4, 0.5) is 17.1 Å². The van der Waals surface area contributed by atoms with Crippen LogP contribution in [0.2, 0.25) is 0 Å². The number of carboxylic acids is 1. The van der Waals surface area contributed by atoms with Gasteiger partial charge in [0.15, 0.2) is 0 Å². The van der Waals surface area contributed by atoms with E-state index in [0.29, 0.717) is 48.0 Å². The number of non-ortho nitro benzene ring substituents is 1. The summed E-state index contributed by atoms with van der Waals surface area (Å²) >= 11 is 1.33. The normalized spacial score (nSPS) is 13.5. The number of nitrogens with zero attached hydrogens (tertiary/aromatic N) is 3. The number of carbonyl (C=O) groups is 4. The highest BCUT2D eigenvalue weighted by Gasteiger charge is 2.26. The highest BCUT2D eigenvalue weighted by molar-refractivity contribution is 7.10. The summed E-state index contributed by atoms with van der Waals surface area (Å²) in [7, 11) is 0. The minimum atomic E-state index is -1.06. The summed E-state index contributed by atoms with van der Waals surface area (Å²) in [6, 6.07) is 21.7. The van der Waals surface area contributed by atoms with E-state index < -0.39 is 28.7 Å². The minimum absolute atomic E-state index is 0.0735. The van der Waals surface area contributed by atoms with Crippen LogP contribution < -0.4 is 15.5 Å². The van der Waals surface area contributed by atoms with Gasteiger partial charge in [-0.15, -0.1) is 11.3 Å². The molecule has 5 rings (SSSR count). The molecule has 45 heavy (non-hydrogen) atoms. The maximum atomic E-state index is 13.3. The molecule has 3 aromatic carbocycles. The van der Waals surface area contributed by atoms with Crippen LogP contribution in [-0.4, -0.2) is 64.8 Å². The lowest BCUT2D eigenvalue weighted by Gasteiger charge is -2.37. The van der Waals surface area contributed by atoms with E-state index in [4.69, 9.17) is 0 Å². The third kappa shape index (κ3) is 7.51. The van der Waals surface area contributed by atoms with Crippen molar-refractivity contribution in [2.75, 3.05) is 36.4 Å². The number of carbonyl (C=O) groups excluding carboxylic acids is 3. The average molecular weight is 628 g/mol. The second kappa shape index (κ2) is 13.8. The standard InChI is InChI=1S/C32H29N5O7S/c38-29(39)20-26(28-7-4-18-45-28)34-31(41)23-10-13-27(25(19-23)33-30(40)21-8-11-24(12-9-21)37(43)44)35-14-16-36(17-15-35)32(42)22-5-2-1-3-6-22/h1-13,18-19,26H,14-17,20H2,(H,33,40)(H,34,41)(H,38,39). The van der Waals surface area contributed by atoms with Crippen molar-refractivity contribution in [1.82, 2.24) is 10.2 Å². The number of thiophene rings is 1. The Morgan fingerprint density at radius 2 is 1.53 bits per heavy atom. The van der Waals surface area contributed by atoms with Crippen molar-refractivity contribution in [2.45, 2.75) is 12.5 Å². The second-order valence-corrected chi connectivity index (χ2v) is 11.3. The summed E-state index contributed by atoms with van der Waals surface area (Å²) in [5, 5.41) is 27.9. The summed E-state index contributed by atoms with van der Waals surface area (Å²) in [4.78, 5) is 66.0. The first-order valence-electron chi connectivity index (χ1n) is 14.0. The molecule has 0 saturated carbocycles. The molecule has 3 N–H and O–H groups in total. The molecule has 0 radical (unpaired) electrons. The van der Waals surface area contributed by atoms with Crippen molar-refractivity contribution < 1.29 is 29.2 Å². The molecule has 2 heterocycles. The van der Waals surface area contributed by atoms with Gasteiger partial charge in [-0.25, -0.2) is 0 Å². The number of amides is 3. The highest BCUT2D eigenvalue weighted by atomic mass is 32.1. The number of hydrogen-bond acceptors (Lipinski definition) is 8. The Bertz CT molecular complexity index is 1700. The second-order valence-electron chi connectivity index (χ2n) is 10.3. The van der Waals surface area contributed by atoms with Gasteiger partial charge in [0.2, 0.25) is 0 Å². The quantitative estimate of drug-likeness (QED) is 0.167. The van der Waals surface area contributed by atoms with Gasteiger partial charge in [0.25, 0.3) is 23.4 Å². The van der Waals surface area contributed by atoms with Gasteiger partial charge < -0.3 is 25.5 Å². The summed E-state index contributed by atoms with van der Waals surface area (Å²) in [6.07, 6.45) is -0.306. The fraction of sp³-hybridized carbons (Fsp3) is 0.188. The number of nitro groups is 1. The van der Waals surface area contributed by atoms with E-state index in [1.54, 1.807) is 46.7 Å². The lowest BCUT2D eigenvalue weighted by atomic mass is 10.1. The summed E-state index contributed by atoms with van der Waals surface area (Å²) in [6.45, 7) is 1.79. The van der Waals surface area contributed by atoms with Gasteiger partial charge in [0, 0.05) is 59.9 Å². The molecular weight excluding hydrogens is 598 g/mol. The predicted molar refractivity (Wildman–Crippen MR) is 169 cm³/mol. The smallest absolute Gasteiger partial charge is 0.305 e. The number of aliphatic carboxylic acids is 1. The lowest BCUT2D eigenvalue weighted by Crippen LogP contribution is -2.49. The molecule has 0 bridgehead atoms. The number of rotatable bonds is 10. The largest absolute Gasteiger partial charge is 0.481 e. The number of piperazine rings is 1. The molecule has 3 amide bonds. The molecular formula is C32H29N5O7S. The van der Waals surface area contributed by atoms with E-state index in [9.17, 15) is 34.4 Å². The van der Waals surface area contributed by atoms with Crippen molar-refractivity contribution in [1.29, 1.82) is 0 Å². The number of anilines is 2. The zero-order valence-corrected chi connectivity index (χ0v) is 24.7. The minimum Gasteiger partial charge on any atom is -0.481 e. The molecule has 1 unspecified atom stereocenters. The molecule has 1 fully saturated rings. The van der Waals surface area contributed by atoms with Crippen molar-refractivity contribution in [3.8, 4) is 0 Å². The van der Waals surface area contributed by atoms with Crippen LogP contribution in [0.25, 0.3) is 0 Å². The van der Waals surface area contributed by atoms with Crippen LogP contribution in [0.1, 0.15) is 48.4 Å². The van der Waals surface area contributed by atoms with Crippen LogP contribution in [0.5, 0.6) is 0 Å². The molecule has 0 spiro atoms. The van der Waals surface area contributed by atoms with Gasteiger partial charge in [-0.05, 0) is 53.9 Å². The summed E-state index contributed by atoms with van der Waals surface area (Å²) in [5.41, 5.74) is 1.76. The highest BCUT2D eigenvalue weighted by Crippen LogP contribution is 2.30. The first-order valence-corrected chi connectivity index (χ1v) is 14.9.